The second-order valence-corrected chi connectivity index (χ2v) is 8.50. The van der Waals surface area contributed by atoms with Crippen molar-refractivity contribution in [2.45, 2.75) is 13.0 Å². The Morgan fingerprint density at radius 2 is 1.81 bits per heavy atom. The number of rotatable bonds is 6. The van der Waals surface area contributed by atoms with Crippen LogP contribution in [0.4, 0.5) is 5.13 Å². The highest BCUT2D eigenvalue weighted by Crippen LogP contribution is 2.32. The summed E-state index contributed by atoms with van der Waals surface area (Å²) < 4.78 is 6.33. The Balaban J connectivity index is 1.49. The molecule has 0 N–H and O–H groups in total. The Kier molecular flexibility index (Phi) is 5.52. The topological polar surface area (TPSA) is 55.3 Å². The minimum absolute atomic E-state index is 0.0167. The lowest BCUT2D eigenvalue weighted by atomic mass is 10.0. The minimum atomic E-state index is -0.0167. The van der Waals surface area contributed by atoms with Crippen LogP contribution in [0.25, 0.3) is 21.0 Å². The SMILES string of the molecule is COc1ccc2sc(N(Cc3ccccn3)C(=O)Cc3ccc4ccccc4c3)nc2c1. The molecule has 0 radical (unpaired) electrons. The lowest BCUT2D eigenvalue weighted by molar-refractivity contribution is -0.118. The van der Waals surface area contributed by atoms with Gasteiger partial charge in [0.2, 0.25) is 5.91 Å². The fraction of sp³-hybridized carbons (Fsp3) is 0.115. The van der Waals surface area contributed by atoms with Crippen LogP contribution in [0.2, 0.25) is 0 Å². The van der Waals surface area contributed by atoms with E-state index in [1.807, 2.05) is 54.6 Å². The highest BCUT2D eigenvalue weighted by Gasteiger charge is 2.21. The average Bonchev–Trinajstić information content (AvgIpc) is 3.26. The van der Waals surface area contributed by atoms with Crippen LogP contribution >= 0.6 is 11.3 Å². The maximum absolute atomic E-state index is 13.5. The number of hydrogen-bond acceptors (Lipinski definition) is 5. The first-order chi connectivity index (χ1) is 15.7. The molecule has 0 unspecified atom stereocenters. The van der Waals surface area contributed by atoms with Gasteiger partial charge >= 0.3 is 0 Å². The number of methoxy groups -OCH3 is 1. The number of thiazole rings is 1. The number of amides is 1. The molecule has 0 aliphatic heterocycles. The fourth-order valence-electron chi connectivity index (χ4n) is 3.67. The monoisotopic (exact) mass is 439 g/mol. The quantitative estimate of drug-likeness (QED) is 0.344. The van der Waals surface area contributed by atoms with Gasteiger partial charge < -0.3 is 4.74 Å². The second-order valence-electron chi connectivity index (χ2n) is 7.49. The van der Waals surface area contributed by atoms with E-state index in [1.165, 1.54) is 11.3 Å². The molecule has 1 amide bonds. The first-order valence-electron chi connectivity index (χ1n) is 10.3. The van der Waals surface area contributed by atoms with Crippen LogP contribution in [0.3, 0.4) is 0 Å². The molecule has 0 saturated heterocycles. The molecule has 0 spiro atoms. The Bertz CT molecular complexity index is 1400. The molecule has 0 saturated carbocycles. The zero-order chi connectivity index (χ0) is 21.9. The van der Waals surface area contributed by atoms with Gasteiger partial charge in [-0.3, -0.25) is 14.7 Å². The van der Waals surface area contributed by atoms with Crippen molar-refractivity contribution in [2.24, 2.45) is 0 Å². The Morgan fingerprint density at radius 3 is 2.62 bits per heavy atom. The fourth-order valence-corrected chi connectivity index (χ4v) is 4.63. The van der Waals surface area contributed by atoms with Gasteiger partial charge in [0, 0.05) is 12.3 Å². The van der Waals surface area contributed by atoms with E-state index in [9.17, 15) is 4.79 Å². The third-order valence-corrected chi connectivity index (χ3v) is 6.39. The highest BCUT2D eigenvalue weighted by atomic mass is 32.1. The second kappa shape index (κ2) is 8.77. The third-order valence-electron chi connectivity index (χ3n) is 5.33. The van der Waals surface area contributed by atoms with Crippen LogP contribution in [0, 0.1) is 0 Å². The van der Waals surface area contributed by atoms with Crippen molar-refractivity contribution < 1.29 is 9.53 Å². The number of carbonyl (C=O) groups is 1. The molecule has 0 aliphatic carbocycles. The number of ether oxygens (including phenoxy) is 1. The van der Waals surface area contributed by atoms with Gasteiger partial charge in [0.1, 0.15) is 5.75 Å². The van der Waals surface area contributed by atoms with Crippen LogP contribution in [-0.2, 0) is 17.8 Å². The molecule has 0 bridgehead atoms. The van der Waals surface area contributed by atoms with E-state index in [1.54, 1.807) is 18.2 Å². The largest absolute Gasteiger partial charge is 0.497 e. The molecule has 2 aromatic heterocycles. The molecule has 3 aromatic carbocycles. The maximum atomic E-state index is 13.5. The van der Waals surface area contributed by atoms with Gasteiger partial charge in [0.25, 0.3) is 0 Å². The number of hydrogen-bond donors (Lipinski definition) is 0. The molecule has 2 heterocycles. The molecule has 32 heavy (non-hydrogen) atoms. The van der Waals surface area contributed by atoms with E-state index in [0.717, 1.165) is 38.0 Å². The summed E-state index contributed by atoms with van der Waals surface area (Å²) in [5.74, 6) is 0.727. The van der Waals surface area contributed by atoms with Crippen molar-refractivity contribution in [1.82, 2.24) is 9.97 Å². The average molecular weight is 440 g/mol. The first-order valence-corrected chi connectivity index (χ1v) is 11.1. The maximum Gasteiger partial charge on any atom is 0.233 e. The number of aromatic nitrogens is 2. The first kappa shape index (κ1) is 20.2. The van der Waals surface area contributed by atoms with E-state index >= 15 is 0 Å². The van der Waals surface area contributed by atoms with Gasteiger partial charge in [-0.25, -0.2) is 4.98 Å². The van der Waals surface area contributed by atoms with Gasteiger partial charge in [-0.15, -0.1) is 0 Å². The van der Waals surface area contributed by atoms with Crippen LogP contribution in [0.5, 0.6) is 5.75 Å². The van der Waals surface area contributed by atoms with Crippen LogP contribution in [-0.4, -0.2) is 23.0 Å². The smallest absolute Gasteiger partial charge is 0.233 e. The van der Waals surface area contributed by atoms with Crippen molar-refractivity contribution in [1.29, 1.82) is 0 Å². The van der Waals surface area contributed by atoms with Gasteiger partial charge in [0.15, 0.2) is 5.13 Å². The molecule has 5 nitrogen and oxygen atoms in total. The summed E-state index contributed by atoms with van der Waals surface area (Å²) in [6, 6.07) is 25.8. The summed E-state index contributed by atoms with van der Waals surface area (Å²) in [5.41, 5.74) is 2.60. The number of nitrogens with zero attached hydrogens (tertiary/aromatic N) is 3. The molecule has 0 atom stereocenters. The lowest BCUT2D eigenvalue weighted by Crippen LogP contribution is -2.32. The Hall–Kier alpha value is -3.77. The minimum Gasteiger partial charge on any atom is -0.497 e. The zero-order valence-corrected chi connectivity index (χ0v) is 18.4. The van der Waals surface area contributed by atoms with Crippen molar-refractivity contribution in [3.8, 4) is 5.75 Å². The summed E-state index contributed by atoms with van der Waals surface area (Å²) in [5, 5.41) is 2.94. The van der Waals surface area contributed by atoms with Crippen molar-refractivity contribution in [2.75, 3.05) is 12.0 Å². The Morgan fingerprint density at radius 1 is 0.969 bits per heavy atom. The predicted molar refractivity (Wildman–Crippen MR) is 129 cm³/mol. The molecular weight excluding hydrogens is 418 g/mol. The number of carbonyl (C=O) groups excluding carboxylic acids is 1. The van der Waals surface area contributed by atoms with E-state index in [2.05, 4.69) is 29.2 Å². The zero-order valence-electron chi connectivity index (χ0n) is 17.6. The summed E-state index contributed by atoms with van der Waals surface area (Å²) in [7, 11) is 1.63. The normalized spacial score (nSPS) is 11.0. The van der Waals surface area contributed by atoms with E-state index in [-0.39, 0.29) is 12.3 Å². The van der Waals surface area contributed by atoms with Gasteiger partial charge in [-0.1, -0.05) is 59.9 Å². The molecule has 158 valence electrons. The van der Waals surface area contributed by atoms with Crippen molar-refractivity contribution in [3.05, 3.63) is 96.3 Å². The van der Waals surface area contributed by atoms with Gasteiger partial charge in [0.05, 0.1) is 36.0 Å². The lowest BCUT2D eigenvalue weighted by Gasteiger charge is -2.19. The molecule has 5 aromatic rings. The van der Waals surface area contributed by atoms with Crippen LogP contribution in [0.15, 0.2) is 85.1 Å². The van der Waals surface area contributed by atoms with Gasteiger partial charge in [-0.2, -0.15) is 0 Å². The molecule has 5 rings (SSSR count). The number of anilines is 1. The van der Waals surface area contributed by atoms with Gasteiger partial charge in [-0.05, 0) is 40.6 Å². The van der Waals surface area contributed by atoms with E-state index in [4.69, 9.17) is 9.72 Å². The number of fused-ring (bicyclic) bond motifs is 2. The van der Waals surface area contributed by atoms with Crippen LogP contribution in [0.1, 0.15) is 11.3 Å². The summed E-state index contributed by atoms with van der Waals surface area (Å²) in [4.78, 5) is 24.4. The summed E-state index contributed by atoms with van der Waals surface area (Å²) in [6.07, 6.45) is 2.03. The molecule has 0 fully saturated rings. The standard InChI is InChI=1S/C26H21N3O2S/c1-31-22-11-12-24-23(16-22)28-26(32-24)29(17-21-8-4-5-13-27-21)25(30)15-18-9-10-19-6-2-3-7-20(19)14-18/h2-14,16H,15,17H2,1H3. The van der Waals surface area contributed by atoms with Crippen molar-refractivity contribution in [3.63, 3.8) is 0 Å². The van der Waals surface area contributed by atoms with Crippen molar-refractivity contribution >= 4 is 43.4 Å². The Labute approximate surface area is 189 Å². The molecular formula is C26H21N3O2S. The van der Waals surface area contributed by atoms with E-state index in [0.29, 0.717) is 11.7 Å². The van der Waals surface area contributed by atoms with E-state index < -0.39 is 0 Å². The third kappa shape index (κ3) is 4.18. The molecule has 6 heteroatoms. The predicted octanol–water partition coefficient (Wildman–Crippen LogP) is 5.63. The number of benzene rings is 3. The summed E-state index contributed by atoms with van der Waals surface area (Å²) in [6.45, 7) is 0.365. The summed E-state index contributed by atoms with van der Waals surface area (Å²) >= 11 is 1.50. The highest BCUT2D eigenvalue weighted by molar-refractivity contribution is 7.22. The number of pyridine rings is 1. The van der Waals surface area contributed by atoms with Crippen LogP contribution < -0.4 is 9.64 Å². The molecule has 0 aliphatic rings.